The van der Waals surface area contributed by atoms with Crippen molar-refractivity contribution in [3.05, 3.63) is 35.9 Å². The number of hydrogen-bond donors (Lipinski definition) is 1. The van der Waals surface area contributed by atoms with E-state index in [1.165, 1.54) is 0 Å². The second kappa shape index (κ2) is 5.03. The molecule has 0 aromatic heterocycles. The number of nitrogens with zero attached hydrogens (tertiary/aromatic N) is 2. The lowest BCUT2D eigenvalue weighted by atomic mass is 9.93. The molecule has 3 heteroatoms. The van der Waals surface area contributed by atoms with Crippen molar-refractivity contribution in [2.24, 2.45) is 15.9 Å². The molecule has 0 heterocycles. The molecule has 0 aliphatic carbocycles. The maximum atomic E-state index is 6.10. The predicted molar refractivity (Wildman–Crippen MR) is 70.0 cm³/mol. The van der Waals surface area contributed by atoms with Crippen molar-refractivity contribution in [3.8, 4) is 0 Å². The standard InChI is InChI=1S/C13H19N3/c1-10(2)15-16-12(13(3,4)14)11-8-6-5-7-9-11/h5-9H,14H2,1-4H3/b16-12-. The molecule has 0 atom stereocenters. The highest BCUT2D eigenvalue weighted by Gasteiger charge is 2.21. The zero-order chi connectivity index (χ0) is 12.2. The highest BCUT2D eigenvalue weighted by Crippen LogP contribution is 2.12. The van der Waals surface area contributed by atoms with Gasteiger partial charge in [-0.1, -0.05) is 30.3 Å². The van der Waals surface area contributed by atoms with Crippen LogP contribution in [0.1, 0.15) is 33.3 Å². The lowest BCUT2D eigenvalue weighted by Crippen LogP contribution is -2.42. The largest absolute Gasteiger partial charge is 0.320 e. The van der Waals surface area contributed by atoms with Crippen molar-refractivity contribution in [2.75, 3.05) is 0 Å². The molecule has 0 aliphatic rings. The molecule has 0 aliphatic heterocycles. The zero-order valence-electron chi connectivity index (χ0n) is 10.4. The summed E-state index contributed by atoms with van der Waals surface area (Å²) in [4.78, 5) is 0. The van der Waals surface area contributed by atoms with E-state index in [-0.39, 0.29) is 0 Å². The lowest BCUT2D eigenvalue weighted by molar-refractivity contribution is 0.696. The molecule has 1 aromatic carbocycles. The molecule has 1 aromatic rings. The summed E-state index contributed by atoms with van der Waals surface area (Å²) in [5, 5.41) is 8.34. The van der Waals surface area contributed by atoms with E-state index in [1.54, 1.807) is 0 Å². The third-order valence-electron chi connectivity index (χ3n) is 2.01. The van der Waals surface area contributed by atoms with Crippen molar-refractivity contribution < 1.29 is 0 Å². The van der Waals surface area contributed by atoms with Gasteiger partial charge in [-0.05, 0) is 33.3 Å². The van der Waals surface area contributed by atoms with Crippen LogP contribution in [0.2, 0.25) is 0 Å². The fourth-order valence-corrected chi connectivity index (χ4v) is 1.30. The average molecular weight is 217 g/mol. The second-order valence-corrected chi connectivity index (χ2v) is 4.58. The molecule has 3 nitrogen and oxygen atoms in total. The van der Waals surface area contributed by atoms with Crippen LogP contribution in [0.3, 0.4) is 0 Å². The Morgan fingerprint density at radius 3 is 2.06 bits per heavy atom. The first-order valence-electron chi connectivity index (χ1n) is 5.35. The van der Waals surface area contributed by atoms with Gasteiger partial charge < -0.3 is 5.73 Å². The Labute approximate surface area is 97.1 Å². The van der Waals surface area contributed by atoms with E-state index in [2.05, 4.69) is 10.2 Å². The number of nitrogens with two attached hydrogens (primary N) is 1. The van der Waals surface area contributed by atoms with Crippen LogP contribution in [0.4, 0.5) is 0 Å². The van der Waals surface area contributed by atoms with Gasteiger partial charge in [0.25, 0.3) is 0 Å². The Morgan fingerprint density at radius 1 is 1.06 bits per heavy atom. The molecule has 0 radical (unpaired) electrons. The lowest BCUT2D eigenvalue weighted by Gasteiger charge is -2.20. The van der Waals surface area contributed by atoms with Crippen molar-refractivity contribution in [1.29, 1.82) is 0 Å². The molecular formula is C13H19N3. The first-order valence-corrected chi connectivity index (χ1v) is 5.35. The van der Waals surface area contributed by atoms with Crippen LogP contribution in [-0.4, -0.2) is 17.0 Å². The second-order valence-electron chi connectivity index (χ2n) is 4.58. The van der Waals surface area contributed by atoms with Gasteiger partial charge in [-0.3, -0.25) is 0 Å². The molecule has 0 saturated heterocycles. The summed E-state index contributed by atoms with van der Waals surface area (Å²) in [5.74, 6) is 0. The van der Waals surface area contributed by atoms with E-state index in [9.17, 15) is 0 Å². The number of benzene rings is 1. The zero-order valence-corrected chi connectivity index (χ0v) is 10.4. The first-order chi connectivity index (χ1) is 7.41. The highest BCUT2D eigenvalue weighted by molar-refractivity contribution is 6.06. The average Bonchev–Trinajstić information content (AvgIpc) is 2.17. The summed E-state index contributed by atoms with van der Waals surface area (Å²) in [6.45, 7) is 7.68. The minimum Gasteiger partial charge on any atom is -0.320 e. The Kier molecular flexibility index (Phi) is 3.96. The van der Waals surface area contributed by atoms with Gasteiger partial charge >= 0.3 is 0 Å². The van der Waals surface area contributed by atoms with E-state index >= 15 is 0 Å². The number of rotatable bonds is 3. The Hall–Kier alpha value is -1.48. The summed E-state index contributed by atoms with van der Waals surface area (Å²) in [7, 11) is 0. The van der Waals surface area contributed by atoms with Crippen LogP contribution in [0, 0.1) is 0 Å². The van der Waals surface area contributed by atoms with Gasteiger partial charge in [-0.2, -0.15) is 10.2 Å². The Balaban J connectivity index is 3.18. The molecule has 0 bridgehead atoms. The summed E-state index contributed by atoms with van der Waals surface area (Å²) in [6, 6.07) is 9.90. The normalized spacial score (nSPS) is 12.4. The molecule has 86 valence electrons. The molecule has 0 amide bonds. The first kappa shape index (κ1) is 12.6. The molecule has 1 rings (SSSR count). The highest BCUT2D eigenvalue weighted by atomic mass is 15.2. The van der Waals surface area contributed by atoms with Crippen molar-refractivity contribution in [1.82, 2.24) is 0 Å². The van der Waals surface area contributed by atoms with Gasteiger partial charge in [0.2, 0.25) is 0 Å². The minimum atomic E-state index is -0.500. The van der Waals surface area contributed by atoms with Crippen molar-refractivity contribution in [2.45, 2.75) is 33.2 Å². The molecule has 2 N–H and O–H groups in total. The SMILES string of the molecule is CC(C)=N/N=C(/c1ccccc1)C(C)(C)N. The maximum absolute atomic E-state index is 6.10. The van der Waals surface area contributed by atoms with E-state index < -0.39 is 5.54 Å². The smallest absolute Gasteiger partial charge is 0.0895 e. The molecule has 16 heavy (non-hydrogen) atoms. The van der Waals surface area contributed by atoms with Gasteiger partial charge in [-0.15, -0.1) is 0 Å². The van der Waals surface area contributed by atoms with Crippen LogP contribution >= 0.6 is 0 Å². The van der Waals surface area contributed by atoms with Gasteiger partial charge in [0.05, 0.1) is 11.3 Å². The molecule has 0 unspecified atom stereocenters. The fourth-order valence-electron chi connectivity index (χ4n) is 1.30. The quantitative estimate of drug-likeness (QED) is 0.614. The van der Waals surface area contributed by atoms with Gasteiger partial charge in [0.1, 0.15) is 0 Å². The molecule has 0 spiro atoms. The molecule has 0 fully saturated rings. The Morgan fingerprint density at radius 2 is 1.62 bits per heavy atom. The third kappa shape index (κ3) is 3.59. The van der Waals surface area contributed by atoms with Crippen LogP contribution in [-0.2, 0) is 0 Å². The minimum absolute atomic E-state index is 0.500. The summed E-state index contributed by atoms with van der Waals surface area (Å²) in [5.41, 5.74) is 8.33. The summed E-state index contributed by atoms with van der Waals surface area (Å²) in [6.07, 6.45) is 0. The van der Waals surface area contributed by atoms with Crippen LogP contribution < -0.4 is 5.73 Å². The third-order valence-corrected chi connectivity index (χ3v) is 2.01. The van der Waals surface area contributed by atoms with Crippen LogP contribution in [0.25, 0.3) is 0 Å². The topological polar surface area (TPSA) is 50.7 Å². The predicted octanol–water partition coefficient (Wildman–Crippen LogP) is 2.61. The fraction of sp³-hybridized carbons (Fsp3) is 0.385. The molecular weight excluding hydrogens is 198 g/mol. The Bertz CT molecular complexity index is 393. The van der Waals surface area contributed by atoms with Crippen molar-refractivity contribution >= 4 is 11.4 Å². The summed E-state index contributed by atoms with van der Waals surface area (Å²) >= 11 is 0. The maximum Gasteiger partial charge on any atom is 0.0895 e. The van der Waals surface area contributed by atoms with E-state index in [4.69, 9.17) is 5.73 Å². The van der Waals surface area contributed by atoms with Gasteiger partial charge in [0.15, 0.2) is 0 Å². The van der Waals surface area contributed by atoms with E-state index in [0.717, 1.165) is 17.0 Å². The van der Waals surface area contributed by atoms with Gasteiger partial charge in [0, 0.05) is 5.71 Å². The summed E-state index contributed by atoms with van der Waals surface area (Å²) < 4.78 is 0. The van der Waals surface area contributed by atoms with E-state index in [1.807, 2.05) is 58.0 Å². The van der Waals surface area contributed by atoms with E-state index in [0.29, 0.717) is 0 Å². The number of hydrogen-bond acceptors (Lipinski definition) is 3. The van der Waals surface area contributed by atoms with Crippen molar-refractivity contribution in [3.63, 3.8) is 0 Å². The molecule has 0 saturated carbocycles. The monoisotopic (exact) mass is 217 g/mol. The van der Waals surface area contributed by atoms with Crippen LogP contribution in [0.15, 0.2) is 40.5 Å². The van der Waals surface area contributed by atoms with Gasteiger partial charge in [-0.25, -0.2) is 0 Å². The van der Waals surface area contributed by atoms with Crippen LogP contribution in [0.5, 0.6) is 0 Å².